The van der Waals surface area contributed by atoms with Gasteiger partial charge in [-0.25, -0.2) is 4.57 Å². The summed E-state index contributed by atoms with van der Waals surface area (Å²) in [6, 6.07) is 0. The third-order valence-electron chi connectivity index (χ3n) is 6.78. The number of carbonyl (C=O) groups excluding carboxylic acids is 2. The molecule has 0 heterocycles. The lowest BCUT2D eigenvalue weighted by Gasteiger charge is -2.18. The molecule has 0 saturated carbocycles. The van der Waals surface area contributed by atoms with Gasteiger partial charge in [-0.1, -0.05) is 122 Å². The highest BCUT2D eigenvalue weighted by atomic mass is 31.2. The summed E-state index contributed by atoms with van der Waals surface area (Å²) in [4.78, 5) is 42.4. The number of esters is 2. The molecule has 0 aliphatic rings. The molecule has 0 saturated heterocycles. The van der Waals surface area contributed by atoms with Crippen LogP contribution in [0, 0.1) is 0 Å². The van der Waals surface area contributed by atoms with Crippen molar-refractivity contribution in [3.05, 3.63) is 12.2 Å². The molecule has 0 rings (SSSR count). The monoisotopic (exact) mass is 590 g/mol. The van der Waals surface area contributed by atoms with E-state index >= 15 is 0 Å². The Balaban J connectivity index is 4.04. The molecule has 0 bridgehead atoms. The predicted molar refractivity (Wildman–Crippen MR) is 161 cm³/mol. The largest absolute Gasteiger partial charge is 0.469 e. The Morgan fingerprint density at radius 1 is 0.625 bits per heavy atom. The minimum Gasteiger partial charge on any atom is -0.462 e. The minimum atomic E-state index is -4.74. The summed E-state index contributed by atoms with van der Waals surface area (Å²) in [5.74, 6) is -0.895. The zero-order valence-corrected chi connectivity index (χ0v) is 26.4. The molecule has 236 valence electrons. The van der Waals surface area contributed by atoms with Crippen LogP contribution in [0.25, 0.3) is 0 Å². The molecule has 0 aromatic carbocycles. The van der Waals surface area contributed by atoms with E-state index in [4.69, 9.17) is 19.3 Å². The molecule has 0 spiro atoms. The van der Waals surface area contributed by atoms with Crippen LogP contribution in [0.4, 0.5) is 0 Å². The Hall–Kier alpha value is -1.21. The van der Waals surface area contributed by atoms with E-state index in [2.05, 4.69) is 30.5 Å². The summed E-state index contributed by atoms with van der Waals surface area (Å²) in [6.07, 6.45) is 26.5. The molecular weight excluding hydrogens is 531 g/mol. The first-order chi connectivity index (χ1) is 19.3. The van der Waals surface area contributed by atoms with Gasteiger partial charge >= 0.3 is 19.8 Å². The minimum absolute atomic E-state index is 0.204. The smallest absolute Gasteiger partial charge is 0.462 e. The van der Waals surface area contributed by atoms with E-state index in [0.717, 1.165) is 57.8 Å². The molecule has 0 aromatic heterocycles. The predicted octanol–water partition coefficient (Wildman–Crippen LogP) is 8.73. The van der Waals surface area contributed by atoms with Crippen molar-refractivity contribution in [2.75, 3.05) is 13.2 Å². The van der Waals surface area contributed by atoms with Crippen molar-refractivity contribution >= 4 is 19.8 Å². The Morgan fingerprint density at radius 3 is 1.60 bits per heavy atom. The average molecular weight is 591 g/mol. The second-order valence-corrected chi connectivity index (χ2v) is 12.0. The molecule has 0 amide bonds. The number of unbranched alkanes of at least 4 members (excludes halogenated alkanes) is 17. The maximum Gasteiger partial charge on any atom is 0.469 e. The number of phosphoric ester groups is 1. The standard InChI is InChI=1S/C31H59O8P/c1-3-5-7-9-11-13-15-17-19-21-23-25-30(32)37-27-29(28-38-40(34,35)36)39-31(33)26-24-22-20-18-16-14-12-10-8-6-4-2/h10,12,29H,3-9,11,13-28H2,1-2H3,(H2,34,35,36)/b12-10-. The topological polar surface area (TPSA) is 119 Å². The summed E-state index contributed by atoms with van der Waals surface area (Å²) in [6.45, 7) is 3.60. The first kappa shape index (κ1) is 38.8. The Kier molecular flexibility index (Phi) is 27.1. The summed E-state index contributed by atoms with van der Waals surface area (Å²) < 4.78 is 26.1. The number of ether oxygens (including phenoxy) is 2. The van der Waals surface area contributed by atoms with Gasteiger partial charge in [0.1, 0.15) is 6.61 Å². The fourth-order valence-corrected chi connectivity index (χ4v) is 4.71. The average Bonchev–Trinajstić information content (AvgIpc) is 2.91. The van der Waals surface area contributed by atoms with Crippen LogP contribution >= 0.6 is 7.82 Å². The molecular formula is C31H59O8P. The van der Waals surface area contributed by atoms with Crippen molar-refractivity contribution in [1.29, 1.82) is 0 Å². The second-order valence-electron chi connectivity index (χ2n) is 10.8. The van der Waals surface area contributed by atoms with E-state index in [-0.39, 0.29) is 19.4 Å². The fourth-order valence-electron chi connectivity index (χ4n) is 4.35. The first-order valence-electron chi connectivity index (χ1n) is 16.0. The highest BCUT2D eigenvalue weighted by Gasteiger charge is 2.22. The van der Waals surface area contributed by atoms with Gasteiger partial charge in [-0.15, -0.1) is 0 Å². The summed E-state index contributed by atoms with van der Waals surface area (Å²) >= 11 is 0. The van der Waals surface area contributed by atoms with Gasteiger partial charge in [0.25, 0.3) is 0 Å². The Morgan fingerprint density at radius 2 is 1.07 bits per heavy atom. The van der Waals surface area contributed by atoms with Crippen LogP contribution in [-0.4, -0.2) is 41.0 Å². The van der Waals surface area contributed by atoms with Gasteiger partial charge in [0, 0.05) is 12.8 Å². The maximum absolute atomic E-state index is 12.2. The summed E-state index contributed by atoms with van der Waals surface area (Å²) in [7, 11) is -4.74. The molecule has 40 heavy (non-hydrogen) atoms. The van der Waals surface area contributed by atoms with Crippen LogP contribution in [0.15, 0.2) is 12.2 Å². The molecule has 0 aliphatic carbocycles. The van der Waals surface area contributed by atoms with E-state index < -0.39 is 32.5 Å². The van der Waals surface area contributed by atoms with E-state index in [1.165, 1.54) is 64.2 Å². The van der Waals surface area contributed by atoms with Crippen LogP contribution in [-0.2, 0) is 28.2 Å². The SMILES string of the molecule is CCCC/C=C\CCCCCCCC(=O)OC(COC(=O)CCCCCCCCCCCCC)COP(=O)(O)O. The second kappa shape index (κ2) is 27.9. The normalized spacial score (nSPS) is 12.6. The van der Waals surface area contributed by atoms with Crippen molar-refractivity contribution < 1.29 is 37.9 Å². The Bertz CT molecular complexity index is 676. The van der Waals surface area contributed by atoms with Crippen LogP contribution in [0.5, 0.6) is 0 Å². The van der Waals surface area contributed by atoms with Gasteiger partial charge in [-0.05, 0) is 32.1 Å². The molecule has 1 unspecified atom stereocenters. The van der Waals surface area contributed by atoms with Crippen molar-refractivity contribution in [1.82, 2.24) is 0 Å². The molecule has 8 nitrogen and oxygen atoms in total. The molecule has 0 aromatic rings. The van der Waals surface area contributed by atoms with Crippen LogP contribution < -0.4 is 0 Å². The van der Waals surface area contributed by atoms with E-state index in [1.807, 2.05) is 0 Å². The van der Waals surface area contributed by atoms with Gasteiger partial charge in [0.2, 0.25) is 0 Å². The number of hydrogen-bond acceptors (Lipinski definition) is 6. The van der Waals surface area contributed by atoms with Crippen LogP contribution in [0.2, 0.25) is 0 Å². The van der Waals surface area contributed by atoms with E-state index in [1.54, 1.807) is 0 Å². The Labute approximate surface area is 244 Å². The van der Waals surface area contributed by atoms with Crippen molar-refractivity contribution in [3.8, 4) is 0 Å². The maximum atomic E-state index is 12.2. The molecule has 0 fully saturated rings. The fraction of sp³-hybridized carbons (Fsp3) is 0.871. The lowest BCUT2D eigenvalue weighted by molar-refractivity contribution is -0.161. The van der Waals surface area contributed by atoms with Gasteiger partial charge in [-0.3, -0.25) is 14.1 Å². The van der Waals surface area contributed by atoms with E-state index in [0.29, 0.717) is 6.42 Å². The highest BCUT2D eigenvalue weighted by molar-refractivity contribution is 7.46. The van der Waals surface area contributed by atoms with Gasteiger partial charge < -0.3 is 19.3 Å². The molecule has 2 N–H and O–H groups in total. The third kappa shape index (κ3) is 29.8. The van der Waals surface area contributed by atoms with Crippen LogP contribution in [0.3, 0.4) is 0 Å². The quantitative estimate of drug-likeness (QED) is 0.0384. The van der Waals surface area contributed by atoms with Gasteiger partial charge in [0.15, 0.2) is 6.10 Å². The molecule has 0 aliphatic heterocycles. The lowest BCUT2D eigenvalue weighted by Crippen LogP contribution is -2.29. The number of rotatable bonds is 29. The number of carbonyl (C=O) groups is 2. The molecule has 0 radical (unpaired) electrons. The molecule has 1 atom stereocenters. The first-order valence-corrected chi connectivity index (χ1v) is 17.5. The third-order valence-corrected chi connectivity index (χ3v) is 7.27. The number of allylic oxidation sites excluding steroid dienone is 2. The van der Waals surface area contributed by atoms with Crippen molar-refractivity contribution in [2.45, 2.75) is 161 Å². The van der Waals surface area contributed by atoms with Crippen molar-refractivity contribution in [2.24, 2.45) is 0 Å². The van der Waals surface area contributed by atoms with Gasteiger partial charge in [0.05, 0.1) is 6.61 Å². The van der Waals surface area contributed by atoms with E-state index in [9.17, 15) is 14.2 Å². The number of hydrogen-bond donors (Lipinski definition) is 2. The summed E-state index contributed by atoms with van der Waals surface area (Å²) in [5, 5.41) is 0. The van der Waals surface area contributed by atoms with Crippen molar-refractivity contribution in [3.63, 3.8) is 0 Å². The zero-order chi connectivity index (χ0) is 29.7. The summed E-state index contributed by atoms with van der Waals surface area (Å²) in [5.41, 5.74) is 0. The zero-order valence-electron chi connectivity index (χ0n) is 25.5. The molecule has 9 heteroatoms. The van der Waals surface area contributed by atoms with Crippen LogP contribution in [0.1, 0.15) is 155 Å². The van der Waals surface area contributed by atoms with Gasteiger partial charge in [-0.2, -0.15) is 0 Å². The highest BCUT2D eigenvalue weighted by Crippen LogP contribution is 2.35. The number of phosphoric acid groups is 1. The lowest BCUT2D eigenvalue weighted by atomic mass is 10.1.